The second kappa shape index (κ2) is 7.08. The molecule has 3 aromatic carbocycles. The lowest BCUT2D eigenvalue weighted by molar-refractivity contribution is -0.121. The predicted molar refractivity (Wildman–Crippen MR) is 110 cm³/mol. The normalized spacial score (nSPS) is 18.7. The SMILES string of the molecule is CC(=O)[C@H]1Cc2cc(Br)ccc2N[C@H]1c1ccc(-c2ccccc2)cc1. The van der Waals surface area contributed by atoms with Crippen LogP contribution in [0.5, 0.6) is 0 Å². The van der Waals surface area contributed by atoms with Crippen LogP contribution in [0.3, 0.4) is 0 Å². The monoisotopic (exact) mass is 405 g/mol. The summed E-state index contributed by atoms with van der Waals surface area (Å²) in [6, 6.07) is 25.1. The van der Waals surface area contributed by atoms with Crippen LogP contribution in [0.15, 0.2) is 77.3 Å². The first-order valence-electron chi connectivity index (χ1n) is 8.82. The Kier molecular flexibility index (Phi) is 4.64. The van der Waals surface area contributed by atoms with Gasteiger partial charge in [0.05, 0.1) is 6.04 Å². The maximum absolute atomic E-state index is 12.3. The van der Waals surface area contributed by atoms with Crippen molar-refractivity contribution >= 4 is 27.4 Å². The van der Waals surface area contributed by atoms with Crippen molar-refractivity contribution in [2.24, 2.45) is 5.92 Å². The van der Waals surface area contributed by atoms with Crippen LogP contribution in [0.1, 0.15) is 24.1 Å². The number of carbonyl (C=O) groups is 1. The minimum atomic E-state index is -0.0561. The van der Waals surface area contributed by atoms with Crippen molar-refractivity contribution in [3.8, 4) is 11.1 Å². The molecular weight excluding hydrogens is 386 g/mol. The van der Waals surface area contributed by atoms with Crippen LogP contribution in [-0.2, 0) is 11.2 Å². The lowest BCUT2D eigenvalue weighted by Gasteiger charge is -2.34. The third-order valence-corrected chi connectivity index (χ3v) is 5.61. The Hall–Kier alpha value is -2.39. The first-order valence-corrected chi connectivity index (χ1v) is 9.62. The van der Waals surface area contributed by atoms with E-state index in [-0.39, 0.29) is 17.7 Å². The molecule has 26 heavy (non-hydrogen) atoms. The molecule has 3 aromatic rings. The largest absolute Gasteiger partial charge is 0.377 e. The Morgan fingerprint density at radius 1 is 0.962 bits per heavy atom. The maximum Gasteiger partial charge on any atom is 0.135 e. The van der Waals surface area contributed by atoms with E-state index in [9.17, 15) is 4.79 Å². The fourth-order valence-corrected chi connectivity index (χ4v) is 4.11. The smallest absolute Gasteiger partial charge is 0.135 e. The molecule has 0 aromatic heterocycles. The van der Waals surface area contributed by atoms with E-state index in [1.807, 2.05) is 24.3 Å². The first-order chi connectivity index (χ1) is 12.6. The van der Waals surface area contributed by atoms with E-state index < -0.39 is 0 Å². The van der Waals surface area contributed by atoms with Gasteiger partial charge in [0.25, 0.3) is 0 Å². The average Bonchev–Trinajstić information content (AvgIpc) is 2.67. The van der Waals surface area contributed by atoms with Gasteiger partial charge < -0.3 is 5.32 Å². The Bertz CT molecular complexity index is 934. The van der Waals surface area contributed by atoms with Gasteiger partial charge in [-0.05, 0) is 53.8 Å². The molecule has 0 fully saturated rings. The topological polar surface area (TPSA) is 29.1 Å². The summed E-state index contributed by atoms with van der Waals surface area (Å²) >= 11 is 3.52. The zero-order valence-corrected chi connectivity index (χ0v) is 16.2. The number of carbonyl (C=O) groups excluding carboxylic acids is 1. The zero-order chi connectivity index (χ0) is 18.1. The molecule has 1 heterocycles. The summed E-state index contributed by atoms with van der Waals surface area (Å²) in [7, 11) is 0. The molecule has 4 rings (SSSR count). The first kappa shape index (κ1) is 17.0. The highest BCUT2D eigenvalue weighted by Gasteiger charge is 2.32. The van der Waals surface area contributed by atoms with Crippen LogP contribution in [-0.4, -0.2) is 5.78 Å². The fourth-order valence-electron chi connectivity index (χ4n) is 3.70. The van der Waals surface area contributed by atoms with Crippen LogP contribution >= 0.6 is 15.9 Å². The van der Waals surface area contributed by atoms with E-state index in [0.717, 1.165) is 22.1 Å². The molecule has 1 aliphatic rings. The van der Waals surface area contributed by atoms with Gasteiger partial charge in [0.2, 0.25) is 0 Å². The molecule has 1 aliphatic heterocycles. The highest BCUT2D eigenvalue weighted by Crippen LogP contribution is 2.38. The number of halogens is 1. The summed E-state index contributed by atoms with van der Waals surface area (Å²) in [4.78, 5) is 12.3. The number of ketones is 1. The summed E-state index contributed by atoms with van der Waals surface area (Å²) in [6.07, 6.45) is 0.766. The van der Waals surface area contributed by atoms with E-state index in [1.54, 1.807) is 6.92 Å². The molecule has 0 amide bonds. The molecular formula is C23H20BrNO. The summed E-state index contributed by atoms with van der Waals surface area (Å²) in [5, 5.41) is 3.59. The molecule has 0 spiro atoms. The summed E-state index contributed by atoms with van der Waals surface area (Å²) in [5.41, 5.74) is 5.85. The summed E-state index contributed by atoms with van der Waals surface area (Å²) in [5.74, 6) is 0.166. The fraction of sp³-hybridized carbons (Fsp3) is 0.174. The molecule has 1 N–H and O–H groups in total. The number of hydrogen-bond donors (Lipinski definition) is 1. The van der Waals surface area contributed by atoms with E-state index >= 15 is 0 Å². The van der Waals surface area contributed by atoms with Crippen molar-refractivity contribution in [1.82, 2.24) is 0 Å². The van der Waals surface area contributed by atoms with Gasteiger partial charge in [-0.3, -0.25) is 4.79 Å². The Labute approximate surface area is 162 Å². The van der Waals surface area contributed by atoms with Gasteiger partial charge in [-0.2, -0.15) is 0 Å². The average molecular weight is 406 g/mol. The second-order valence-electron chi connectivity index (χ2n) is 6.83. The van der Waals surface area contributed by atoms with Gasteiger partial charge in [-0.15, -0.1) is 0 Å². The number of rotatable bonds is 3. The van der Waals surface area contributed by atoms with Gasteiger partial charge in [-0.1, -0.05) is 70.5 Å². The maximum atomic E-state index is 12.3. The van der Waals surface area contributed by atoms with E-state index in [4.69, 9.17) is 0 Å². The quantitative estimate of drug-likeness (QED) is 0.575. The number of hydrogen-bond acceptors (Lipinski definition) is 2. The van der Waals surface area contributed by atoms with Gasteiger partial charge >= 0.3 is 0 Å². The molecule has 0 bridgehead atoms. The number of benzene rings is 3. The number of fused-ring (bicyclic) bond motifs is 1. The molecule has 0 saturated heterocycles. The van der Waals surface area contributed by atoms with Crippen molar-refractivity contribution in [3.05, 3.63) is 88.4 Å². The van der Waals surface area contributed by atoms with Gasteiger partial charge in [-0.25, -0.2) is 0 Å². The lowest BCUT2D eigenvalue weighted by atomic mass is 9.81. The van der Waals surface area contributed by atoms with Crippen LogP contribution in [0, 0.1) is 5.92 Å². The van der Waals surface area contributed by atoms with E-state index in [0.29, 0.717) is 0 Å². The van der Waals surface area contributed by atoms with E-state index in [2.05, 4.69) is 69.8 Å². The molecule has 0 radical (unpaired) electrons. The van der Waals surface area contributed by atoms with Gasteiger partial charge in [0, 0.05) is 16.1 Å². The Morgan fingerprint density at radius 3 is 2.35 bits per heavy atom. The molecule has 2 nitrogen and oxygen atoms in total. The van der Waals surface area contributed by atoms with Crippen LogP contribution < -0.4 is 5.32 Å². The van der Waals surface area contributed by atoms with Crippen LogP contribution in [0.25, 0.3) is 11.1 Å². The van der Waals surface area contributed by atoms with Crippen molar-refractivity contribution in [2.75, 3.05) is 5.32 Å². The van der Waals surface area contributed by atoms with Crippen molar-refractivity contribution in [3.63, 3.8) is 0 Å². The number of nitrogens with one attached hydrogen (secondary N) is 1. The van der Waals surface area contributed by atoms with Gasteiger partial charge in [0.1, 0.15) is 5.78 Å². The van der Waals surface area contributed by atoms with Crippen molar-refractivity contribution < 1.29 is 4.79 Å². The standard InChI is InChI=1S/C23H20BrNO/c1-15(26)21-14-19-13-20(24)11-12-22(19)25-23(21)18-9-7-17(8-10-18)16-5-3-2-4-6-16/h2-13,21,23,25H,14H2,1H3/t21-,23+/m1/s1. The summed E-state index contributed by atoms with van der Waals surface area (Å²) < 4.78 is 1.05. The zero-order valence-electron chi connectivity index (χ0n) is 14.6. The van der Waals surface area contributed by atoms with Crippen LogP contribution in [0.2, 0.25) is 0 Å². The third-order valence-electron chi connectivity index (χ3n) is 5.12. The lowest BCUT2D eigenvalue weighted by Crippen LogP contribution is -2.32. The minimum absolute atomic E-state index is 0.00555. The second-order valence-corrected chi connectivity index (χ2v) is 7.75. The molecule has 0 aliphatic carbocycles. The Balaban J connectivity index is 1.67. The highest BCUT2D eigenvalue weighted by atomic mass is 79.9. The molecule has 2 atom stereocenters. The third kappa shape index (κ3) is 3.32. The predicted octanol–water partition coefficient (Wildman–Crippen LogP) is 6.03. The summed E-state index contributed by atoms with van der Waals surface area (Å²) in [6.45, 7) is 1.70. The minimum Gasteiger partial charge on any atom is -0.377 e. The number of anilines is 1. The van der Waals surface area contributed by atoms with Crippen molar-refractivity contribution in [1.29, 1.82) is 0 Å². The van der Waals surface area contributed by atoms with Gasteiger partial charge in [0.15, 0.2) is 0 Å². The molecule has 130 valence electrons. The van der Waals surface area contributed by atoms with E-state index in [1.165, 1.54) is 16.7 Å². The molecule has 0 saturated carbocycles. The highest BCUT2D eigenvalue weighted by molar-refractivity contribution is 9.10. The number of Topliss-reactive ketones (excluding diaryl/α,β-unsaturated/α-hetero) is 1. The molecule has 3 heteroatoms. The Morgan fingerprint density at radius 2 is 1.65 bits per heavy atom. The molecule has 0 unspecified atom stereocenters. The van der Waals surface area contributed by atoms with Crippen LogP contribution in [0.4, 0.5) is 5.69 Å². The van der Waals surface area contributed by atoms with Crippen molar-refractivity contribution in [2.45, 2.75) is 19.4 Å².